The van der Waals surface area contributed by atoms with Crippen molar-refractivity contribution in [1.82, 2.24) is 10.2 Å². The Kier molecular flexibility index (Phi) is 8.03. The number of ether oxygens (including phenoxy) is 2. The van der Waals surface area contributed by atoms with Crippen LogP contribution in [0.5, 0.6) is 11.5 Å². The molecule has 0 bridgehead atoms. The Morgan fingerprint density at radius 3 is 2.62 bits per heavy atom. The fourth-order valence-corrected chi connectivity index (χ4v) is 4.04. The zero-order valence-electron chi connectivity index (χ0n) is 16.3. The minimum atomic E-state index is -0.926. The van der Waals surface area contributed by atoms with Gasteiger partial charge in [-0.1, -0.05) is 30.0 Å². The van der Waals surface area contributed by atoms with Gasteiger partial charge in [0.05, 0.1) is 19.1 Å². The number of thiocarbonyl (C=S) groups is 1. The van der Waals surface area contributed by atoms with Crippen LogP contribution in [-0.4, -0.2) is 58.9 Å². The average Bonchev–Trinajstić information content (AvgIpc) is 2.97. The number of carboxylic acids is 1. The molecule has 2 N–H and O–H groups in total. The van der Waals surface area contributed by atoms with Crippen molar-refractivity contribution in [1.29, 1.82) is 0 Å². The number of thioether (sulfide) groups is 1. The summed E-state index contributed by atoms with van der Waals surface area (Å²) in [6.07, 6.45) is 1.95. The molecule has 0 radical (unpaired) electrons. The fraction of sp³-hybridized carbons (Fsp3) is 0.368. The average molecular weight is 439 g/mol. The predicted octanol–water partition coefficient (Wildman–Crippen LogP) is 2.27. The van der Waals surface area contributed by atoms with Crippen molar-refractivity contribution >= 4 is 52.2 Å². The number of nitrogens with zero attached hydrogens (tertiary/aromatic N) is 1. The molecule has 29 heavy (non-hydrogen) atoms. The van der Waals surface area contributed by atoms with Crippen LogP contribution in [0.3, 0.4) is 0 Å². The molecule has 2 amide bonds. The Hall–Kier alpha value is -2.59. The number of rotatable bonds is 9. The first-order valence-electron chi connectivity index (χ1n) is 8.77. The molecule has 0 aliphatic carbocycles. The number of hydrogen-bond donors (Lipinski definition) is 2. The smallest absolute Gasteiger partial charge is 0.303 e. The van der Waals surface area contributed by atoms with Gasteiger partial charge in [0.25, 0.3) is 5.91 Å². The Balaban J connectivity index is 2.09. The maximum Gasteiger partial charge on any atom is 0.303 e. The van der Waals surface area contributed by atoms with Crippen LogP contribution in [0.1, 0.15) is 25.3 Å². The van der Waals surface area contributed by atoms with E-state index < -0.39 is 12.0 Å². The van der Waals surface area contributed by atoms with Crippen molar-refractivity contribution in [2.45, 2.75) is 25.8 Å². The number of carboxylic acid groups (broad SMARTS) is 1. The molecule has 2 rings (SSSR count). The molecule has 1 unspecified atom stereocenters. The molecule has 156 valence electrons. The van der Waals surface area contributed by atoms with Gasteiger partial charge in [0, 0.05) is 13.0 Å². The summed E-state index contributed by atoms with van der Waals surface area (Å²) in [6, 6.07) is 4.46. The highest BCUT2D eigenvalue weighted by Gasteiger charge is 2.38. The van der Waals surface area contributed by atoms with Crippen LogP contribution >= 0.6 is 24.0 Å². The lowest BCUT2D eigenvalue weighted by Gasteiger charge is -2.22. The third-order valence-corrected chi connectivity index (χ3v) is 5.49. The topological polar surface area (TPSA) is 105 Å². The van der Waals surface area contributed by atoms with E-state index in [0.717, 1.165) is 17.3 Å². The number of benzene rings is 1. The second kappa shape index (κ2) is 10.3. The highest BCUT2D eigenvalue weighted by molar-refractivity contribution is 8.26. The summed E-state index contributed by atoms with van der Waals surface area (Å²) in [6.45, 7) is 1.79. The second-order valence-electron chi connectivity index (χ2n) is 6.13. The molecule has 1 aliphatic rings. The Bertz CT molecular complexity index is 855. The van der Waals surface area contributed by atoms with Crippen molar-refractivity contribution in [3.63, 3.8) is 0 Å². The molecular formula is C19H22N2O6S2. The van der Waals surface area contributed by atoms with E-state index >= 15 is 0 Å². The van der Waals surface area contributed by atoms with Gasteiger partial charge in [-0.2, -0.15) is 0 Å². The van der Waals surface area contributed by atoms with Crippen LogP contribution in [0, 0.1) is 0 Å². The highest BCUT2D eigenvalue weighted by Crippen LogP contribution is 2.35. The van der Waals surface area contributed by atoms with Gasteiger partial charge in [0.15, 0.2) is 11.5 Å². The number of aliphatic carboxylic acids is 1. The molecule has 10 heteroatoms. The van der Waals surface area contributed by atoms with Crippen molar-refractivity contribution < 1.29 is 29.0 Å². The number of methoxy groups -OCH3 is 2. The number of hydrogen-bond acceptors (Lipinski definition) is 7. The first-order valence-corrected chi connectivity index (χ1v) is 9.99. The van der Waals surface area contributed by atoms with Crippen LogP contribution < -0.4 is 14.8 Å². The zero-order valence-corrected chi connectivity index (χ0v) is 17.9. The van der Waals surface area contributed by atoms with E-state index in [9.17, 15) is 14.4 Å². The van der Waals surface area contributed by atoms with E-state index in [2.05, 4.69) is 5.32 Å². The monoisotopic (exact) mass is 438 g/mol. The largest absolute Gasteiger partial charge is 0.493 e. The molecule has 1 heterocycles. The zero-order chi connectivity index (χ0) is 21.6. The van der Waals surface area contributed by atoms with Gasteiger partial charge >= 0.3 is 5.97 Å². The third kappa shape index (κ3) is 5.70. The Morgan fingerprint density at radius 2 is 2.00 bits per heavy atom. The van der Waals surface area contributed by atoms with Crippen molar-refractivity contribution in [2.75, 3.05) is 20.8 Å². The number of amides is 2. The molecule has 1 fully saturated rings. The molecular weight excluding hydrogens is 416 g/mol. The van der Waals surface area contributed by atoms with Crippen LogP contribution in [0.2, 0.25) is 0 Å². The Morgan fingerprint density at radius 1 is 1.31 bits per heavy atom. The quantitative estimate of drug-likeness (QED) is 0.344. The maximum absolute atomic E-state index is 12.8. The lowest BCUT2D eigenvalue weighted by atomic mass is 10.1. The summed E-state index contributed by atoms with van der Waals surface area (Å²) in [4.78, 5) is 37.3. The second-order valence-corrected chi connectivity index (χ2v) is 7.81. The lowest BCUT2D eigenvalue weighted by molar-refractivity contribution is -0.137. The first-order chi connectivity index (χ1) is 13.8. The molecule has 8 nitrogen and oxygen atoms in total. The standard InChI is InChI=1S/C19H22N2O6S2/c1-11(17(24)20-8-4-5-16(22)23)21-18(25)15(29-19(21)28)10-12-6-7-13(26-2)14(9-12)27-3/h6-7,9-11H,4-5,8H2,1-3H3,(H,20,24)(H,22,23)/b15-10-. The van der Waals surface area contributed by atoms with E-state index in [1.54, 1.807) is 31.2 Å². The summed E-state index contributed by atoms with van der Waals surface area (Å²) in [5, 5.41) is 11.3. The summed E-state index contributed by atoms with van der Waals surface area (Å²) in [5.41, 5.74) is 0.730. The van der Waals surface area contributed by atoms with Gasteiger partial charge in [-0.15, -0.1) is 0 Å². The van der Waals surface area contributed by atoms with Gasteiger partial charge in [0.2, 0.25) is 5.91 Å². The molecule has 1 saturated heterocycles. The molecule has 1 aromatic rings. The van der Waals surface area contributed by atoms with E-state index in [0.29, 0.717) is 22.8 Å². The van der Waals surface area contributed by atoms with Gasteiger partial charge in [0.1, 0.15) is 10.4 Å². The molecule has 0 spiro atoms. The van der Waals surface area contributed by atoms with Gasteiger partial charge < -0.3 is 19.9 Å². The molecule has 0 saturated carbocycles. The number of carbonyl (C=O) groups excluding carboxylic acids is 2. The highest BCUT2D eigenvalue weighted by atomic mass is 32.2. The molecule has 0 aromatic heterocycles. The van der Waals surface area contributed by atoms with Gasteiger partial charge in [-0.3, -0.25) is 19.3 Å². The Labute approximate surface area is 178 Å². The summed E-state index contributed by atoms with van der Waals surface area (Å²) >= 11 is 6.41. The minimum absolute atomic E-state index is 0.0379. The molecule has 1 atom stereocenters. The van der Waals surface area contributed by atoms with Gasteiger partial charge in [-0.25, -0.2) is 0 Å². The van der Waals surface area contributed by atoms with Crippen molar-refractivity contribution in [2.24, 2.45) is 0 Å². The SMILES string of the molecule is COc1ccc(/C=C2\SC(=S)N(C(C)C(=O)NCCCC(=O)O)C2=O)cc1OC. The number of carbonyl (C=O) groups is 3. The minimum Gasteiger partial charge on any atom is -0.493 e. The van der Waals surface area contributed by atoms with Crippen LogP contribution in [0.4, 0.5) is 0 Å². The van der Waals surface area contributed by atoms with Crippen LogP contribution in [0.25, 0.3) is 6.08 Å². The van der Waals surface area contributed by atoms with Gasteiger partial charge in [-0.05, 0) is 37.1 Å². The summed E-state index contributed by atoms with van der Waals surface area (Å²) in [5.74, 6) is -0.567. The summed E-state index contributed by atoms with van der Waals surface area (Å²) in [7, 11) is 3.06. The summed E-state index contributed by atoms with van der Waals surface area (Å²) < 4.78 is 10.8. The predicted molar refractivity (Wildman–Crippen MR) is 114 cm³/mol. The molecule has 1 aromatic carbocycles. The van der Waals surface area contributed by atoms with Crippen LogP contribution in [-0.2, 0) is 14.4 Å². The number of nitrogens with one attached hydrogen (secondary N) is 1. The van der Waals surface area contributed by atoms with E-state index in [-0.39, 0.29) is 29.1 Å². The lowest BCUT2D eigenvalue weighted by Crippen LogP contribution is -2.47. The maximum atomic E-state index is 12.8. The third-order valence-electron chi connectivity index (χ3n) is 4.16. The van der Waals surface area contributed by atoms with E-state index in [1.165, 1.54) is 19.1 Å². The van der Waals surface area contributed by atoms with Crippen molar-refractivity contribution in [3.05, 3.63) is 28.7 Å². The van der Waals surface area contributed by atoms with E-state index in [4.69, 9.17) is 26.8 Å². The van der Waals surface area contributed by atoms with Crippen LogP contribution in [0.15, 0.2) is 23.1 Å². The normalized spacial score (nSPS) is 16.1. The fourth-order valence-electron chi connectivity index (χ4n) is 2.62. The van der Waals surface area contributed by atoms with E-state index in [1.807, 2.05) is 0 Å². The van der Waals surface area contributed by atoms with Crippen molar-refractivity contribution in [3.8, 4) is 11.5 Å². The first kappa shape index (κ1) is 22.7. The molecule has 1 aliphatic heterocycles.